The average Bonchev–Trinajstić information content (AvgIpc) is 3.11. The quantitative estimate of drug-likeness (QED) is 0.383. The van der Waals surface area contributed by atoms with Gasteiger partial charge in [0.1, 0.15) is 18.3 Å². The highest BCUT2D eigenvalue weighted by Crippen LogP contribution is 2.32. The lowest BCUT2D eigenvalue weighted by Crippen LogP contribution is -2.51. The molecule has 3 rings (SSSR count). The molecular weight excluding hydrogens is 313 g/mol. The van der Waals surface area contributed by atoms with Gasteiger partial charge in [-0.2, -0.15) is 4.57 Å². The first-order valence-electron chi connectivity index (χ1n) is 6.53. The largest absolute Gasteiger partial charge is 0.394 e. The minimum atomic E-state index is -0.713. The van der Waals surface area contributed by atoms with Crippen LogP contribution in [0.2, 0.25) is 0 Å². The van der Waals surface area contributed by atoms with Gasteiger partial charge < -0.3 is 29.8 Å². The SMILES string of the molecule is COC1C(OP)C(CO)OC1[n+]1c(N)[nH]c(=O)c2[nH]cnc21. The van der Waals surface area contributed by atoms with Crippen LogP contribution < -0.4 is 15.9 Å². The summed E-state index contributed by atoms with van der Waals surface area (Å²) in [5.74, 6) is 0.0674. The van der Waals surface area contributed by atoms with Gasteiger partial charge in [0.15, 0.2) is 11.8 Å². The van der Waals surface area contributed by atoms with Gasteiger partial charge in [-0.15, -0.1) is 4.98 Å². The van der Waals surface area contributed by atoms with Crippen molar-refractivity contribution >= 4 is 26.6 Å². The Morgan fingerprint density at radius 3 is 3.00 bits per heavy atom. The van der Waals surface area contributed by atoms with Gasteiger partial charge in [0, 0.05) is 16.6 Å². The first-order chi connectivity index (χ1) is 10.6. The number of nitrogens with one attached hydrogen (secondary N) is 2. The predicted octanol–water partition coefficient (Wildman–Crippen LogP) is -1.80. The maximum atomic E-state index is 11.9. The van der Waals surface area contributed by atoms with Crippen LogP contribution in [0.3, 0.4) is 0 Å². The summed E-state index contributed by atoms with van der Waals surface area (Å²) in [6.07, 6.45) is -0.985. The highest BCUT2D eigenvalue weighted by Gasteiger charge is 2.49. The van der Waals surface area contributed by atoms with Crippen molar-refractivity contribution in [3.8, 4) is 0 Å². The van der Waals surface area contributed by atoms with Crippen molar-refractivity contribution < 1.29 is 23.7 Å². The van der Waals surface area contributed by atoms with Crippen LogP contribution in [0.25, 0.3) is 11.2 Å². The number of ether oxygens (including phenoxy) is 2. The maximum Gasteiger partial charge on any atom is 0.322 e. The predicted molar refractivity (Wildman–Crippen MR) is 77.7 cm³/mol. The zero-order valence-electron chi connectivity index (χ0n) is 11.7. The average molecular weight is 330 g/mol. The summed E-state index contributed by atoms with van der Waals surface area (Å²) in [5, 5.41) is 9.44. The van der Waals surface area contributed by atoms with Crippen molar-refractivity contribution in [2.45, 2.75) is 24.5 Å². The van der Waals surface area contributed by atoms with Crippen molar-refractivity contribution in [2.75, 3.05) is 19.5 Å². The van der Waals surface area contributed by atoms with Crippen molar-refractivity contribution in [3.05, 3.63) is 16.7 Å². The lowest BCUT2D eigenvalue weighted by atomic mass is 10.1. The van der Waals surface area contributed by atoms with E-state index in [0.717, 1.165) is 0 Å². The van der Waals surface area contributed by atoms with Crippen molar-refractivity contribution in [1.82, 2.24) is 15.0 Å². The van der Waals surface area contributed by atoms with E-state index in [2.05, 4.69) is 24.4 Å². The minimum Gasteiger partial charge on any atom is -0.394 e. The van der Waals surface area contributed by atoms with Crippen molar-refractivity contribution in [1.29, 1.82) is 0 Å². The minimum absolute atomic E-state index is 0.0674. The summed E-state index contributed by atoms with van der Waals surface area (Å²) in [5.41, 5.74) is 6.14. The molecule has 1 saturated heterocycles. The summed E-state index contributed by atoms with van der Waals surface area (Å²) in [6, 6.07) is 0. The van der Waals surface area contributed by atoms with Crippen LogP contribution in [-0.2, 0) is 14.0 Å². The Hall–Kier alpha value is -1.58. The second-order valence-electron chi connectivity index (χ2n) is 4.86. The summed E-state index contributed by atoms with van der Waals surface area (Å²) in [4.78, 5) is 21.3. The van der Waals surface area contributed by atoms with Gasteiger partial charge in [-0.25, -0.2) is 4.98 Å². The molecule has 2 aromatic rings. The molecule has 0 bridgehead atoms. The van der Waals surface area contributed by atoms with E-state index in [1.165, 1.54) is 18.0 Å². The molecule has 0 amide bonds. The van der Waals surface area contributed by atoms with E-state index in [1.807, 2.05) is 0 Å². The lowest BCUT2D eigenvalue weighted by Gasteiger charge is -2.20. The number of hydrogen-bond acceptors (Lipinski definition) is 7. The number of rotatable bonds is 4. The summed E-state index contributed by atoms with van der Waals surface area (Å²) in [7, 11) is 3.64. The summed E-state index contributed by atoms with van der Waals surface area (Å²) < 4.78 is 18.0. The molecule has 0 saturated carbocycles. The van der Waals surface area contributed by atoms with Crippen LogP contribution in [0.4, 0.5) is 5.95 Å². The number of nitrogens with two attached hydrogens (primary N) is 1. The van der Waals surface area contributed by atoms with E-state index < -0.39 is 24.5 Å². The Kier molecular flexibility index (Phi) is 4.11. The Labute approximate surface area is 126 Å². The molecule has 2 aromatic heterocycles. The zero-order chi connectivity index (χ0) is 15.9. The van der Waals surface area contributed by atoms with Gasteiger partial charge in [-0.05, 0) is 0 Å². The fourth-order valence-corrected chi connectivity index (χ4v) is 3.06. The normalized spacial score (nSPS) is 28.5. The molecule has 0 aromatic carbocycles. The van der Waals surface area contributed by atoms with Gasteiger partial charge in [-0.3, -0.25) is 4.79 Å². The van der Waals surface area contributed by atoms with E-state index in [4.69, 9.17) is 19.7 Å². The lowest BCUT2D eigenvalue weighted by molar-refractivity contribution is -0.735. The van der Waals surface area contributed by atoms with Gasteiger partial charge >= 0.3 is 11.5 Å². The van der Waals surface area contributed by atoms with Crippen molar-refractivity contribution in [3.63, 3.8) is 0 Å². The van der Waals surface area contributed by atoms with Crippen LogP contribution in [0, 0.1) is 0 Å². The number of imidazole rings is 1. The van der Waals surface area contributed by atoms with E-state index in [1.54, 1.807) is 0 Å². The topological polar surface area (TPSA) is 139 Å². The highest BCUT2D eigenvalue weighted by molar-refractivity contribution is 7.09. The molecule has 1 fully saturated rings. The van der Waals surface area contributed by atoms with Gasteiger partial charge in [0.25, 0.3) is 5.65 Å². The Balaban J connectivity index is 2.14. The number of aromatic amines is 2. The smallest absolute Gasteiger partial charge is 0.322 e. The number of aliphatic hydroxyl groups excluding tert-OH is 1. The molecule has 5 N–H and O–H groups in total. The molecule has 0 aliphatic carbocycles. The highest BCUT2D eigenvalue weighted by atomic mass is 31.0. The number of H-pyrrole nitrogens is 2. The molecule has 5 atom stereocenters. The van der Waals surface area contributed by atoms with E-state index in [9.17, 15) is 9.90 Å². The number of aromatic nitrogens is 4. The third kappa shape index (κ3) is 2.20. The number of aliphatic hydroxyl groups is 1. The monoisotopic (exact) mass is 330 g/mol. The molecule has 0 radical (unpaired) electrons. The fourth-order valence-electron chi connectivity index (χ4n) is 2.73. The van der Waals surface area contributed by atoms with Gasteiger partial charge in [0.2, 0.25) is 6.23 Å². The van der Waals surface area contributed by atoms with Crippen LogP contribution in [-0.4, -0.2) is 52.1 Å². The molecule has 3 heterocycles. The molecule has 10 nitrogen and oxygen atoms in total. The third-order valence-corrected chi connectivity index (χ3v) is 4.04. The molecule has 1 aliphatic rings. The Morgan fingerprint density at radius 1 is 1.59 bits per heavy atom. The van der Waals surface area contributed by atoms with Crippen LogP contribution >= 0.6 is 9.47 Å². The van der Waals surface area contributed by atoms with E-state index >= 15 is 0 Å². The molecule has 1 aliphatic heterocycles. The van der Waals surface area contributed by atoms with Gasteiger partial charge in [-0.1, -0.05) is 0 Å². The second kappa shape index (κ2) is 5.90. The third-order valence-electron chi connectivity index (χ3n) is 3.72. The number of anilines is 1. The second-order valence-corrected chi connectivity index (χ2v) is 5.13. The first-order valence-corrected chi connectivity index (χ1v) is 7.00. The molecule has 120 valence electrons. The van der Waals surface area contributed by atoms with Crippen molar-refractivity contribution in [2.24, 2.45) is 0 Å². The summed E-state index contributed by atoms with van der Waals surface area (Å²) in [6.45, 7) is -0.247. The number of hydrogen-bond donors (Lipinski definition) is 4. The summed E-state index contributed by atoms with van der Waals surface area (Å²) >= 11 is 0. The molecule has 0 spiro atoms. The fraction of sp³-hybridized carbons (Fsp3) is 0.545. The molecule has 22 heavy (non-hydrogen) atoms. The number of nitrogen functional groups attached to an aromatic ring is 1. The first kappa shape index (κ1) is 15.3. The van der Waals surface area contributed by atoms with Crippen LogP contribution in [0.15, 0.2) is 11.1 Å². The van der Waals surface area contributed by atoms with Gasteiger partial charge in [0.05, 0.1) is 6.61 Å². The number of fused-ring (bicyclic) bond motifs is 1. The standard InChI is InChI=1S/C11H16N5O5P/c1-19-7-6(21-22)4(2-17)20-10(7)16-8-5(13-3-14-8)9(18)15-11(16)12/h3-4,6-7,10,17H,2,22H2,1H3,(H3,12,13,14,15,18)/p+1. The molecule has 5 unspecified atom stereocenters. The zero-order valence-corrected chi connectivity index (χ0v) is 12.9. The van der Waals surface area contributed by atoms with Crippen LogP contribution in [0.1, 0.15) is 6.23 Å². The number of nitrogens with zero attached hydrogens (tertiary/aromatic N) is 2. The maximum absolute atomic E-state index is 11.9. The Bertz CT molecular complexity index is 733. The molecule has 11 heteroatoms. The molecular formula is C11H17N5O5P+. The van der Waals surface area contributed by atoms with E-state index in [-0.39, 0.29) is 23.6 Å². The van der Waals surface area contributed by atoms with E-state index in [0.29, 0.717) is 5.65 Å². The number of methoxy groups -OCH3 is 1. The Morgan fingerprint density at radius 2 is 2.36 bits per heavy atom. The van der Waals surface area contributed by atoms with Crippen LogP contribution in [0.5, 0.6) is 0 Å².